The van der Waals surface area contributed by atoms with Crippen LogP contribution in [0.3, 0.4) is 0 Å². The summed E-state index contributed by atoms with van der Waals surface area (Å²) in [6, 6.07) is 0. The number of fused-ring (bicyclic) bond motifs is 1. The van der Waals surface area contributed by atoms with Crippen LogP contribution in [0.1, 0.15) is 29.1 Å². The van der Waals surface area contributed by atoms with Crippen molar-refractivity contribution in [3.63, 3.8) is 0 Å². The van der Waals surface area contributed by atoms with Gasteiger partial charge >= 0.3 is 0 Å². The Labute approximate surface area is 139 Å². The first-order chi connectivity index (χ1) is 11.1. The maximum Gasteiger partial charge on any atom is 0.223 e. The van der Waals surface area contributed by atoms with Crippen LogP contribution in [0.2, 0.25) is 0 Å². The molecule has 0 fully saturated rings. The molecule has 0 atom stereocenters. The highest BCUT2D eigenvalue weighted by Crippen LogP contribution is 2.30. The number of nitrogens with zero attached hydrogens (tertiary/aromatic N) is 4. The van der Waals surface area contributed by atoms with Gasteiger partial charge in [0.05, 0.1) is 0 Å². The Morgan fingerprint density at radius 2 is 2.26 bits per heavy atom. The first kappa shape index (κ1) is 16.0. The maximum absolute atomic E-state index is 12.2. The molecule has 6 nitrogen and oxygen atoms in total. The van der Waals surface area contributed by atoms with Crippen molar-refractivity contribution in [1.82, 2.24) is 20.0 Å². The standard InChI is InChI=1S/C16H20N4O2S/c1-10-15(16-18-11(2)22-19-16)13-4-6-20(9-12(13)8-17-10)14(21)5-7-23-3/h8H,4-7,9H2,1-3H3. The van der Waals surface area contributed by atoms with Crippen LogP contribution < -0.4 is 0 Å². The Bertz CT molecular complexity index is 729. The van der Waals surface area contributed by atoms with Gasteiger partial charge in [0.25, 0.3) is 0 Å². The van der Waals surface area contributed by atoms with Gasteiger partial charge in [0.15, 0.2) is 0 Å². The van der Waals surface area contributed by atoms with Crippen LogP contribution in [0.15, 0.2) is 10.7 Å². The number of thioether (sulfide) groups is 1. The molecule has 7 heteroatoms. The van der Waals surface area contributed by atoms with Crippen molar-refractivity contribution in [3.8, 4) is 11.4 Å². The fraction of sp³-hybridized carbons (Fsp3) is 0.500. The largest absolute Gasteiger partial charge is 0.339 e. The fourth-order valence-electron chi connectivity index (χ4n) is 2.91. The average molecular weight is 332 g/mol. The first-order valence-corrected chi connectivity index (χ1v) is 9.04. The van der Waals surface area contributed by atoms with Crippen molar-refractivity contribution in [2.75, 3.05) is 18.6 Å². The molecule has 23 heavy (non-hydrogen) atoms. The number of carbonyl (C=O) groups is 1. The van der Waals surface area contributed by atoms with Crippen LogP contribution in [-0.4, -0.2) is 44.5 Å². The zero-order valence-electron chi connectivity index (χ0n) is 13.6. The van der Waals surface area contributed by atoms with E-state index in [0.29, 0.717) is 24.7 Å². The van der Waals surface area contributed by atoms with Gasteiger partial charge in [0.2, 0.25) is 17.6 Å². The Morgan fingerprint density at radius 3 is 2.96 bits per heavy atom. The van der Waals surface area contributed by atoms with E-state index in [1.54, 1.807) is 18.7 Å². The lowest BCUT2D eigenvalue weighted by Crippen LogP contribution is -2.36. The summed E-state index contributed by atoms with van der Waals surface area (Å²) < 4.78 is 5.11. The number of rotatable bonds is 4. The van der Waals surface area contributed by atoms with Crippen molar-refractivity contribution in [3.05, 3.63) is 28.9 Å². The van der Waals surface area contributed by atoms with E-state index in [-0.39, 0.29) is 5.91 Å². The Balaban J connectivity index is 1.89. The second-order valence-corrected chi connectivity index (χ2v) is 6.65. The van der Waals surface area contributed by atoms with Gasteiger partial charge < -0.3 is 9.42 Å². The van der Waals surface area contributed by atoms with Gasteiger partial charge in [0, 0.05) is 49.6 Å². The minimum Gasteiger partial charge on any atom is -0.339 e. The monoisotopic (exact) mass is 332 g/mol. The molecule has 3 rings (SSSR count). The SMILES string of the molecule is CSCCC(=O)N1CCc2c(cnc(C)c2-c2noc(C)n2)C1. The number of aromatic nitrogens is 3. The summed E-state index contributed by atoms with van der Waals surface area (Å²) in [7, 11) is 0. The first-order valence-electron chi connectivity index (χ1n) is 7.65. The van der Waals surface area contributed by atoms with E-state index in [0.717, 1.165) is 35.5 Å². The van der Waals surface area contributed by atoms with Gasteiger partial charge in [-0.05, 0) is 30.7 Å². The summed E-state index contributed by atoms with van der Waals surface area (Å²) in [5.74, 6) is 2.21. The van der Waals surface area contributed by atoms with E-state index in [1.807, 2.05) is 24.3 Å². The Morgan fingerprint density at radius 1 is 1.43 bits per heavy atom. The third-order valence-electron chi connectivity index (χ3n) is 4.08. The molecule has 0 unspecified atom stereocenters. The second-order valence-electron chi connectivity index (χ2n) is 5.67. The molecule has 0 spiro atoms. The van der Waals surface area contributed by atoms with E-state index in [9.17, 15) is 4.79 Å². The summed E-state index contributed by atoms with van der Waals surface area (Å²) in [6.45, 7) is 5.07. The maximum atomic E-state index is 12.2. The molecule has 0 N–H and O–H groups in total. The van der Waals surface area contributed by atoms with Crippen molar-refractivity contribution in [2.45, 2.75) is 33.2 Å². The average Bonchev–Trinajstić information content (AvgIpc) is 2.98. The highest BCUT2D eigenvalue weighted by atomic mass is 32.2. The van der Waals surface area contributed by atoms with Gasteiger partial charge in [-0.1, -0.05) is 5.16 Å². The minimum absolute atomic E-state index is 0.211. The zero-order chi connectivity index (χ0) is 16.4. The van der Waals surface area contributed by atoms with E-state index >= 15 is 0 Å². The van der Waals surface area contributed by atoms with E-state index in [2.05, 4.69) is 15.1 Å². The normalized spacial score (nSPS) is 14.0. The van der Waals surface area contributed by atoms with Crippen molar-refractivity contribution >= 4 is 17.7 Å². The molecule has 0 aliphatic carbocycles. The number of hydrogen-bond donors (Lipinski definition) is 0. The lowest BCUT2D eigenvalue weighted by molar-refractivity contribution is -0.131. The summed E-state index contributed by atoms with van der Waals surface area (Å²) in [4.78, 5) is 23.0. The van der Waals surface area contributed by atoms with Crippen LogP contribution in [0.4, 0.5) is 0 Å². The van der Waals surface area contributed by atoms with Crippen molar-refractivity contribution in [2.24, 2.45) is 0 Å². The van der Waals surface area contributed by atoms with E-state index in [1.165, 1.54) is 5.56 Å². The Kier molecular flexibility index (Phi) is 4.66. The molecule has 1 amide bonds. The number of carbonyl (C=O) groups excluding carboxylic acids is 1. The lowest BCUT2D eigenvalue weighted by atomic mass is 9.94. The molecule has 1 aliphatic heterocycles. The zero-order valence-corrected chi connectivity index (χ0v) is 14.4. The number of aryl methyl sites for hydroxylation is 2. The van der Waals surface area contributed by atoms with Crippen LogP contribution in [-0.2, 0) is 17.8 Å². The van der Waals surface area contributed by atoms with Crippen molar-refractivity contribution < 1.29 is 9.32 Å². The van der Waals surface area contributed by atoms with Crippen LogP contribution >= 0.6 is 11.8 Å². The van der Waals surface area contributed by atoms with Gasteiger partial charge in [0.1, 0.15) is 0 Å². The number of amides is 1. The van der Waals surface area contributed by atoms with E-state index < -0.39 is 0 Å². The predicted molar refractivity (Wildman–Crippen MR) is 89.1 cm³/mol. The van der Waals surface area contributed by atoms with Gasteiger partial charge in [-0.2, -0.15) is 16.7 Å². The van der Waals surface area contributed by atoms with Crippen molar-refractivity contribution in [1.29, 1.82) is 0 Å². The molecule has 2 aromatic heterocycles. The quantitative estimate of drug-likeness (QED) is 0.856. The molecule has 2 aromatic rings. The molecule has 3 heterocycles. The minimum atomic E-state index is 0.211. The molecule has 122 valence electrons. The predicted octanol–water partition coefficient (Wildman–Crippen LogP) is 2.39. The van der Waals surface area contributed by atoms with Crippen LogP contribution in [0.25, 0.3) is 11.4 Å². The van der Waals surface area contributed by atoms with E-state index in [4.69, 9.17) is 4.52 Å². The molecule has 0 saturated carbocycles. The summed E-state index contributed by atoms with van der Waals surface area (Å²) in [5.41, 5.74) is 4.12. The third kappa shape index (κ3) is 3.24. The fourth-order valence-corrected chi connectivity index (χ4v) is 3.29. The van der Waals surface area contributed by atoms with Crippen LogP contribution in [0.5, 0.6) is 0 Å². The topological polar surface area (TPSA) is 72.1 Å². The molecular weight excluding hydrogens is 312 g/mol. The molecular formula is C16H20N4O2S. The third-order valence-corrected chi connectivity index (χ3v) is 4.69. The Hall–Kier alpha value is -1.89. The van der Waals surface area contributed by atoms with Gasteiger partial charge in [-0.15, -0.1) is 0 Å². The molecule has 1 aliphatic rings. The second kappa shape index (κ2) is 6.70. The molecule has 0 saturated heterocycles. The molecule has 0 bridgehead atoms. The lowest BCUT2D eigenvalue weighted by Gasteiger charge is -2.30. The number of pyridine rings is 1. The van der Waals surface area contributed by atoms with Gasteiger partial charge in [-0.25, -0.2) is 0 Å². The smallest absolute Gasteiger partial charge is 0.223 e. The summed E-state index contributed by atoms with van der Waals surface area (Å²) in [6.07, 6.45) is 5.28. The highest BCUT2D eigenvalue weighted by Gasteiger charge is 2.25. The summed E-state index contributed by atoms with van der Waals surface area (Å²) >= 11 is 1.70. The highest BCUT2D eigenvalue weighted by molar-refractivity contribution is 7.98. The summed E-state index contributed by atoms with van der Waals surface area (Å²) in [5, 5.41) is 4.04. The molecule has 0 radical (unpaired) electrons. The number of hydrogen-bond acceptors (Lipinski definition) is 6. The molecule has 0 aromatic carbocycles. The van der Waals surface area contributed by atoms with Gasteiger partial charge in [-0.3, -0.25) is 9.78 Å². The van der Waals surface area contributed by atoms with Crippen LogP contribution in [0, 0.1) is 13.8 Å².